The molecule has 0 bridgehead atoms. The van der Waals surface area contributed by atoms with Gasteiger partial charge in [0.1, 0.15) is 0 Å². The molecule has 3 atom stereocenters. The lowest BCUT2D eigenvalue weighted by Crippen LogP contribution is -2.52. The third-order valence-electron chi connectivity index (χ3n) is 7.95. The molecule has 7 heteroatoms. The van der Waals surface area contributed by atoms with Gasteiger partial charge in [0.2, 0.25) is 5.91 Å². The smallest absolute Gasteiger partial charge is 0.257 e. The summed E-state index contributed by atoms with van der Waals surface area (Å²) in [7, 11) is 3.21. The van der Waals surface area contributed by atoms with Gasteiger partial charge in [0.25, 0.3) is 5.91 Å². The molecule has 2 aliphatic heterocycles. The van der Waals surface area contributed by atoms with Crippen molar-refractivity contribution in [3.05, 3.63) is 64.6 Å². The third-order valence-corrected chi connectivity index (χ3v) is 9.38. The highest BCUT2D eigenvalue weighted by Gasteiger charge is 2.41. The average molecular weight is 521 g/mol. The second-order valence-corrected chi connectivity index (χ2v) is 11.6. The molecule has 3 fully saturated rings. The maximum atomic E-state index is 13.4. The van der Waals surface area contributed by atoms with Crippen molar-refractivity contribution >= 4 is 29.7 Å². The minimum Gasteiger partial charge on any atom is -0.493 e. The van der Waals surface area contributed by atoms with Gasteiger partial charge in [-0.2, -0.15) is 0 Å². The van der Waals surface area contributed by atoms with Crippen LogP contribution in [0.15, 0.2) is 53.4 Å². The monoisotopic (exact) mass is 520 g/mol. The Balaban J connectivity index is 1.15. The SMILES string of the molecule is COc1ccc(/C=C2/SC3CCC(C(=O)N4CCC(Cc5ccccc5)CC4)CC3NC2=O)cc1OC. The van der Waals surface area contributed by atoms with E-state index in [1.54, 1.807) is 26.0 Å². The molecule has 196 valence electrons. The molecule has 0 spiro atoms. The highest BCUT2D eigenvalue weighted by molar-refractivity contribution is 8.04. The maximum Gasteiger partial charge on any atom is 0.257 e. The molecule has 2 aromatic rings. The topological polar surface area (TPSA) is 67.9 Å². The number of hydrogen-bond acceptors (Lipinski definition) is 5. The van der Waals surface area contributed by atoms with E-state index in [2.05, 4.69) is 40.5 Å². The number of rotatable bonds is 6. The van der Waals surface area contributed by atoms with E-state index in [0.29, 0.717) is 27.6 Å². The van der Waals surface area contributed by atoms with Crippen LogP contribution in [0.5, 0.6) is 11.5 Å². The fourth-order valence-corrected chi connectivity index (χ4v) is 7.17. The van der Waals surface area contributed by atoms with E-state index in [9.17, 15) is 9.59 Å². The maximum absolute atomic E-state index is 13.4. The molecule has 6 nitrogen and oxygen atoms in total. The van der Waals surface area contributed by atoms with Crippen molar-refractivity contribution in [1.29, 1.82) is 0 Å². The summed E-state index contributed by atoms with van der Waals surface area (Å²) in [5, 5.41) is 3.50. The number of fused-ring (bicyclic) bond motifs is 1. The van der Waals surface area contributed by atoms with Gasteiger partial charge >= 0.3 is 0 Å². The molecule has 37 heavy (non-hydrogen) atoms. The van der Waals surface area contributed by atoms with Gasteiger partial charge in [-0.05, 0) is 73.8 Å². The minimum absolute atomic E-state index is 0.00389. The second kappa shape index (κ2) is 11.6. The first kappa shape index (κ1) is 25.7. The number of amides is 2. The fraction of sp³-hybridized carbons (Fsp3) is 0.467. The lowest BCUT2D eigenvalue weighted by Gasteiger charge is -2.41. The van der Waals surface area contributed by atoms with Gasteiger partial charge in [-0.15, -0.1) is 11.8 Å². The van der Waals surface area contributed by atoms with Crippen molar-refractivity contribution in [2.24, 2.45) is 11.8 Å². The number of thioether (sulfide) groups is 1. The number of carbonyl (C=O) groups is 2. The summed E-state index contributed by atoms with van der Waals surface area (Å²) >= 11 is 1.64. The van der Waals surface area contributed by atoms with Crippen molar-refractivity contribution in [1.82, 2.24) is 10.2 Å². The van der Waals surface area contributed by atoms with Crippen LogP contribution in [0.2, 0.25) is 0 Å². The molecule has 2 aromatic carbocycles. The number of nitrogens with zero attached hydrogens (tertiary/aromatic N) is 1. The largest absolute Gasteiger partial charge is 0.493 e. The van der Waals surface area contributed by atoms with E-state index in [1.165, 1.54) is 5.56 Å². The second-order valence-electron chi connectivity index (χ2n) is 10.3. The molecular formula is C30H36N2O4S. The third kappa shape index (κ3) is 5.98. The number of likely N-dealkylation sites (tertiary alicyclic amines) is 1. The quantitative estimate of drug-likeness (QED) is 0.548. The van der Waals surface area contributed by atoms with Crippen LogP contribution in [-0.4, -0.2) is 55.3 Å². The number of ether oxygens (including phenoxy) is 2. The van der Waals surface area contributed by atoms with E-state index in [1.807, 2.05) is 24.3 Å². The van der Waals surface area contributed by atoms with Crippen molar-refractivity contribution < 1.29 is 19.1 Å². The van der Waals surface area contributed by atoms with Gasteiger partial charge in [0, 0.05) is 30.3 Å². The average Bonchev–Trinajstić information content (AvgIpc) is 2.93. The Morgan fingerprint density at radius 3 is 2.51 bits per heavy atom. The molecule has 3 aliphatic rings. The summed E-state index contributed by atoms with van der Waals surface area (Å²) in [5.41, 5.74) is 2.28. The molecule has 2 saturated heterocycles. The van der Waals surface area contributed by atoms with Gasteiger partial charge in [0.05, 0.1) is 19.1 Å². The Bertz CT molecular complexity index is 1140. The van der Waals surface area contributed by atoms with Gasteiger partial charge in [0.15, 0.2) is 11.5 Å². The first-order chi connectivity index (χ1) is 18.0. The Morgan fingerprint density at radius 1 is 1.03 bits per heavy atom. The van der Waals surface area contributed by atoms with E-state index in [-0.39, 0.29) is 23.8 Å². The number of methoxy groups -OCH3 is 2. The van der Waals surface area contributed by atoms with E-state index in [0.717, 1.165) is 57.2 Å². The molecule has 1 N–H and O–H groups in total. The van der Waals surface area contributed by atoms with Crippen molar-refractivity contribution in [2.75, 3.05) is 27.3 Å². The van der Waals surface area contributed by atoms with Gasteiger partial charge in [-0.25, -0.2) is 0 Å². The first-order valence-corrected chi connectivity index (χ1v) is 14.2. The number of nitrogens with one attached hydrogen (secondary N) is 1. The molecule has 2 amide bonds. The summed E-state index contributed by atoms with van der Waals surface area (Å²) in [6.07, 6.45) is 7.69. The summed E-state index contributed by atoms with van der Waals surface area (Å²) in [4.78, 5) is 29.1. The normalized spacial score (nSPS) is 25.4. The zero-order valence-corrected chi connectivity index (χ0v) is 22.5. The Hall–Kier alpha value is -2.93. The predicted octanol–water partition coefficient (Wildman–Crippen LogP) is 4.93. The van der Waals surface area contributed by atoms with Crippen LogP contribution in [0.25, 0.3) is 6.08 Å². The van der Waals surface area contributed by atoms with Crippen molar-refractivity contribution in [2.45, 2.75) is 49.8 Å². The highest BCUT2D eigenvalue weighted by Crippen LogP contribution is 2.41. The molecular weight excluding hydrogens is 484 g/mol. The molecule has 2 heterocycles. The summed E-state index contributed by atoms with van der Waals surface area (Å²) in [5.74, 6) is 2.17. The zero-order valence-electron chi connectivity index (χ0n) is 21.7. The number of hydrogen-bond donors (Lipinski definition) is 1. The number of carbonyl (C=O) groups excluding carboxylic acids is 2. The summed E-state index contributed by atoms with van der Waals surface area (Å²) < 4.78 is 10.7. The van der Waals surface area contributed by atoms with Crippen LogP contribution < -0.4 is 14.8 Å². The van der Waals surface area contributed by atoms with Gasteiger partial charge in [-0.1, -0.05) is 36.4 Å². The van der Waals surface area contributed by atoms with Crippen LogP contribution in [0.4, 0.5) is 0 Å². The Labute approximate surface area is 223 Å². The lowest BCUT2D eigenvalue weighted by atomic mass is 9.83. The van der Waals surface area contributed by atoms with Gasteiger partial charge < -0.3 is 19.7 Å². The first-order valence-electron chi connectivity index (χ1n) is 13.3. The number of benzene rings is 2. The van der Waals surface area contributed by atoms with Crippen molar-refractivity contribution in [3.63, 3.8) is 0 Å². The molecule has 0 radical (unpaired) electrons. The van der Waals surface area contributed by atoms with Crippen LogP contribution in [0.3, 0.4) is 0 Å². The van der Waals surface area contributed by atoms with Crippen LogP contribution in [0, 0.1) is 11.8 Å². The van der Waals surface area contributed by atoms with Gasteiger partial charge in [-0.3, -0.25) is 9.59 Å². The molecule has 1 aliphatic carbocycles. The van der Waals surface area contributed by atoms with Crippen LogP contribution in [0.1, 0.15) is 43.2 Å². The molecule has 0 aromatic heterocycles. The van der Waals surface area contributed by atoms with Crippen molar-refractivity contribution in [3.8, 4) is 11.5 Å². The number of piperidine rings is 1. The van der Waals surface area contributed by atoms with Crippen LogP contribution >= 0.6 is 11.8 Å². The van der Waals surface area contributed by atoms with E-state index in [4.69, 9.17) is 9.47 Å². The molecule has 3 unspecified atom stereocenters. The summed E-state index contributed by atoms with van der Waals surface area (Å²) in [6.45, 7) is 1.69. The predicted molar refractivity (Wildman–Crippen MR) is 148 cm³/mol. The fourth-order valence-electron chi connectivity index (χ4n) is 5.87. The minimum atomic E-state index is -0.0594. The lowest BCUT2D eigenvalue weighted by molar-refractivity contribution is -0.138. The van der Waals surface area contributed by atoms with Crippen LogP contribution in [-0.2, 0) is 16.0 Å². The molecule has 1 saturated carbocycles. The zero-order chi connectivity index (χ0) is 25.8. The molecule has 5 rings (SSSR count). The van der Waals surface area contributed by atoms with E-state index < -0.39 is 0 Å². The standard InChI is InChI=1S/C30H36N2O4S/c1-35-25-10-8-22(17-26(25)36-2)18-28-29(33)31-24-19-23(9-11-27(24)37-28)30(34)32-14-12-21(13-15-32)16-20-6-4-3-5-7-20/h3-8,10,17-18,21,23-24,27H,9,11-16,19H2,1-2H3,(H,31,33)/b28-18+. The van der Waals surface area contributed by atoms with E-state index >= 15 is 0 Å². The highest BCUT2D eigenvalue weighted by atomic mass is 32.2. The Kier molecular flexibility index (Phi) is 8.08. The Morgan fingerprint density at radius 2 is 1.78 bits per heavy atom. The summed E-state index contributed by atoms with van der Waals surface area (Å²) in [6, 6.07) is 16.3.